The summed E-state index contributed by atoms with van der Waals surface area (Å²) in [7, 11) is 1.48. The Morgan fingerprint density at radius 3 is 2.39 bits per heavy atom. The number of nitrogens with zero attached hydrogens (tertiary/aromatic N) is 2. The number of hydrogen-bond donors (Lipinski definition) is 2. The van der Waals surface area contributed by atoms with Gasteiger partial charge in [-0.05, 0) is 24.3 Å². The van der Waals surface area contributed by atoms with Crippen LogP contribution in [0.15, 0.2) is 53.9 Å². The Balaban J connectivity index is 0. The summed E-state index contributed by atoms with van der Waals surface area (Å²) in [5.74, 6) is 0.646. The molecule has 2 aromatic rings. The van der Waals surface area contributed by atoms with Gasteiger partial charge >= 0.3 is 28.6 Å². The van der Waals surface area contributed by atoms with Gasteiger partial charge in [0.2, 0.25) is 5.75 Å². The molecule has 0 atom stereocenters. The molecule has 1 aromatic carbocycles. The van der Waals surface area contributed by atoms with E-state index in [-0.39, 0.29) is 28.0 Å². The summed E-state index contributed by atoms with van der Waals surface area (Å²) >= 11 is 0. The molecular formula is C14H18CoN4O4+2. The van der Waals surface area contributed by atoms with Crippen molar-refractivity contribution in [1.82, 2.24) is 10.4 Å². The number of amides is 2. The zero-order valence-electron chi connectivity index (χ0n) is 12.3. The zero-order valence-corrected chi connectivity index (χ0v) is 13.3. The van der Waals surface area contributed by atoms with Crippen molar-refractivity contribution >= 4 is 12.2 Å². The van der Waals surface area contributed by atoms with Crippen LogP contribution in [0, 0.1) is 0 Å². The molecule has 2 amide bonds. The number of primary amides is 1. The van der Waals surface area contributed by atoms with Crippen LogP contribution in [0.2, 0.25) is 0 Å². The van der Waals surface area contributed by atoms with E-state index in [9.17, 15) is 4.79 Å². The molecule has 0 aliphatic carbocycles. The molecule has 0 unspecified atom stereocenters. The summed E-state index contributed by atoms with van der Waals surface area (Å²) < 4.78 is 4.95. The Morgan fingerprint density at radius 1 is 1.30 bits per heavy atom. The van der Waals surface area contributed by atoms with Crippen molar-refractivity contribution < 1.29 is 36.9 Å². The number of aromatic nitrogens is 1. The van der Waals surface area contributed by atoms with Crippen molar-refractivity contribution in [1.29, 1.82) is 0 Å². The molecule has 0 aliphatic heterocycles. The van der Waals surface area contributed by atoms with E-state index < -0.39 is 6.03 Å². The molecule has 1 aromatic heterocycles. The molecular weight excluding hydrogens is 347 g/mol. The van der Waals surface area contributed by atoms with Crippen LogP contribution < -0.4 is 15.9 Å². The van der Waals surface area contributed by atoms with Crippen molar-refractivity contribution in [2.45, 2.75) is 0 Å². The Labute approximate surface area is 143 Å². The number of pyridine rings is 1. The Kier molecular flexibility index (Phi) is 12.9. The van der Waals surface area contributed by atoms with E-state index in [1.165, 1.54) is 13.3 Å². The number of methoxy groups -OCH3 is 1. The van der Waals surface area contributed by atoms with Gasteiger partial charge in [0.1, 0.15) is 0 Å². The summed E-state index contributed by atoms with van der Waals surface area (Å²) in [4.78, 5) is 14.1. The molecule has 9 heteroatoms. The zero-order chi connectivity index (χ0) is 15.5. The number of nitrogens with one attached hydrogen (secondary N) is 1. The predicted molar refractivity (Wildman–Crippen MR) is 82.5 cm³/mol. The van der Waals surface area contributed by atoms with Crippen LogP contribution in [-0.2, 0) is 16.8 Å². The van der Waals surface area contributed by atoms with E-state index in [0.717, 1.165) is 0 Å². The van der Waals surface area contributed by atoms with Gasteiger partial charge in [0.15, 0.2) is 0 Å². The number of hydrogen-bond acceptors (Lipinski definition) is 5. The van der Waals surface area contributed by atoms with Gasteiger partial charge in [-0.25, -0.2) is 10.2 Å². The SMILES string of the molecule is COc1cccc(C=NNC(N)=O)c1[OH2+].[Co+2].[OH-].c1ccncc1. The third-order valence-corrected chi connectivity index (χ3v) is 2.22. The normalized spacial score (nSPS) is 8.74. The van der Waals surface area contributed by atoms with Crippen LogP contribution in [0.1, 0.15) is 5.56 Å². The first-order valence-corrected chi connectivity index (χ1v) is 5.97. The average Bonchev–Trinajstić information content (AvgIpc) is 2.51. The van der Waals surface area contributed by atoms with E-state index in [0.29, 0.717) is 11.3 Å². The summed E-state index contributed by atoms with van der Waals surface area (Å²) in [6, 6.07) is 10.0. The number of carbonyl (C=O) groups is 1. The second-order valence-electron chi connectivity index (χ2n) is 3.68. The number of benzene rings is 1. The molecule has 0 bridgehead atoms. The quantitative estimate of drug-likeness (QED) is 0.476. The summed E-state index contributed by atoms with van der Waals surface area (Å²) in [6.45, 7) is 0. The molecule has 1 heterocycles. The van der Waals surface area contributed by atoms with Crippen molar-refractivity contribution in [3.05, 3.63) is 54.4 Å². The van der Waals surface area contributed by atoms with Crippen LogP contribution in [0.5, 0.6) is 11.5 Å². The summed E-state index contributed by atoms with van der Waals surface area (Å²) in [5, 5.41) is 11.2. The van der Waals surface area contributed by atoms with Gasteiger partial charge < -0.3 is 21.1 Å². The maximum Gasteiger partial charge on any atom is 2.00 e. The van der Waals surface area contributed by atoms with Crippen LogP contribution in [0.25, 0.3) is 0 Å². The monoisotopic (exact) mass is 365 g/mol. The number of rotatable bonds is 3. The number of hydrazone groups is 1. The number of ether oxygens (including phenoxy) is 1. The maximum atomic E-state index is 10.3. The Hall–Kier alpha value is -2.62. The van der Waals surface area contributed by atoms with E-state index in [1.807, 2.05) is 23.6 Å². The molecule has 0 spiro atoms. The Morgan fingerprint density at radius 2 is 1.96 bits per heavy atom. The molecule has 125 valence electrons. The fraction of sp³-hybridized carbons (Fsp3) is 0.0714. The van der Waals surface area contributed by atoms with Gasteiger partial charge in [0.25, 0.3) is 0 Å². The van der Waals surface area contributed by atoms with E-state index in [4.69, 9.17) is 15.6 Å². The first-order chi connectivity index (χ1) is 10.1. The minimum absolute atomic E-state index is 0. The molecule has 0 saturated heterocycles. The second kappa shape index (κ2) is 13.1. The first kappa shape index (κ1) is 22.7. The predicted octanol–water partition coefficient (Wildman–Crippen LogP) is 1.04. The number of nitrogens with two attached hydrogens (primary N) is 1. The first-order valence-electron chi connectivity index (χ1n) is 5.97. The molecule has 6 N–H and O–H groups in total. The van der Waals surface area contributed by atoms with Crippen molar-refractivity contribution in [2.24, 2.45) is 10.8 Å². The number of carbonyl (C=O) groups excluding carboxylic acids is 1. The van der Waals surface area contributed by atoms with E-state index in [1.54, 1.807) is 30.6 Å². The Bertz CT molecular complexity index is 570. The van der Waals surface area contributed by atoms with Crippen LogP contribution >= 0.6 is 0 Å². The molecule has 0 saturated carbocycles. The third-order valence-electron chi connectivity index (χ3n) is 2.22. The van der Waals surface area contributed by atoms with Gasteiger partial charge in [-0.3, -0.25) is 4.98 Å². The van der Waals surface area contributed by atoms with Gasteiger partial charge in [0.05, 0.1) is 18.9 Å². The van der Waals surface area contributed by atoms with E-state index in [2.05, 4.69) is 10.1 Å². The standard InChI is InChI=1S/C9H11N3O3.C5H5N.Co.H2O/c1-15-7-4-2-3-6(8(7)13)5-11-12-9(10)14;1-2-4-6-5-3-1;;/h2-5,13H,1H3,(H3,10,12,14);1-5H;;1H2/q;;+2;. The smallest absolute Gasteiger partial charge is 0.870 e. The number of urea groups is 1. The van der Waals surface area contributed by atoms with Gasteiger partial charge in [-0.2, -0.15) is 5.10 Å². The second-order valence-corrected chi connectivity index (χ2v) is 3.68. The van der Waals surface area contributed by atoms with Crippen LogP contribution in [0.3, 0.4) is 0 Å². The molecule has 1 radical (unpaired) electrons. The van der Waals surface area contributed by atoms with E-state index >= 15 is 0 Å². The van der Waals surface area contributed by atoms with Gasteiger partial charge in [-0.15, -0.1) is 0 Å². The topological polar surface area (TPSA) is 142 Å². The molecule has 2 rings (SSSR count). The fourth-order valence-corrected chi connectivity index (χ4v) is 1.30. The minimum Gasteiger partial charge on any atom is -0.870 e. The molecule has 23 heavy (non-hydrogen) atoms. The summed E-state index contributed by atoms with van der Waals surface area (Å²) in [5.41, 5.74) is 7.39. The minimum atomic E-state index is -0.749. The third kappa shape index (κ3) is 9.09. The van der Waals surface area contributed by atoms with Crippen LogP contribution in [-0.4, -0.2) is 34.9 Å². The summed E-state index contributed by atoms with van der Waals surface area (Å²) in [6.07, 6.45) is 4.83. The van der Waals surface area contributed by atoms with Crippen molar-refractivity contribution in [2.75, 3.05) is 7.11 Å². The number of para-hydroxylation sites is 1. The van der Waals surface area contributed by atoms with Crippen molar-refractivity contribution in [3.63, 3.8) is 0 Å². The van der Waals surface area contributed by atoms with Gasteiger partial charge in [0, 0.05) is 12.4 Å². The molecule has 8 nitrogen and oxygen atoms in total. The van der Waals surface area contributed by atoms with Crippen LogP contribution in [0.4, 0.5) is 4.79 Å². The molecule has 0 fully saturated rings. The fourth-order valence-electron chi connectivity index (χ4n) is 1.30. The maximum absolute atomic E-state index is 10.3. The average molecular weight is 365 g/mol. The largest absolute Gasteiger partial charge is 2.00 e. The van der Waals surface area contributed by atoms with Gasteiger partial charge in [-0.1, -0.05) is 12.1 Å². The molecule has 0 aliphatic rings. The van der Waals surface area contributed by atoms with Crippen molar-refractivity contribution in [3.8, 4) is 11.5 Å².